The van der Waals surface area contributed by atoms with Gasteiger partial charge in [0.1, 0.15) is 0 Å². The summed E-state index contributed by atoms with van der Waals surface area (Å²) in [5.41, 5.74) is 3.54. The standard InChI is InChI=1S/C20H30O2/c1-12-10-13-11-14(21)6-8-19(13,2)16-7-9-20(3)15(18(12)16)4-5-17(20)22/h6,8,12-14,16-17,21-22H,4-5,7,9-11H2,1-3H3/t12-,13+,14-,16-,17-,19-,20-/m0/s1. The van der Waals surface area contributed by atoms with Crippen molar-refractivity contribution < 1.29 is 10.2 Å². The summed E-state index contributed by atoms with van der Waals surface area (Å²) in [6, 6.07) is 0. The lowest BCUT2D eigenvalue weighted by molar-refractivity contribution is 0.0164. The van der Waals surface area contributed by atoms with E-state index in [1.54, 1.807) is 11.1 Å². The molecule has 2 heteroatoms. The molecule has 0 bridgehead atoms. The molecule has 0 heterocycles. The summed E-state index contributed by atoms with van der Waals surface area (Å²) in [5, 5.41) is 20.5. The number of aliphatic hydroxyl groups excluding tert-OH is 2. The topological polar surface area (TPSA) is 40.5 Å². The Balaban J connectivity index is 1.82. The van der Waals surface area contributed by atoms with Gasteiger partial charge in [-0.1, -0.05) is 44.1 Å². The van der Waals surface area contributed by atoms with Crippen LogP contribution in [-0.4, -0.2) is 22.4 Å². The lowest BCUT2D eigenvalue weighted by Crippen LogP contribution is -2.48. The fourth-order valence-electron chi connectivity index (χ4n) is 6.36. The van der Waals surface area contributed by atoms with Crippen LogP contribution in [0.25, 0.3) is 0 Å². The van der Waals surface area contributed by atoms with Crippen molar-refractivity contribution in [2.45, 2.75) is 71.5 Å². The van der Waals surface area contributed by atoms with Crippen molar-refractivity contribution >= 4 is 0 Å². The van der Waals surface area contributed by atoms with E-state index in [2.05, 4.69) is 26.8 Å². The molecule has 0 aromatic heterocycles. The van der Waals surface area contributed by atoms with E-state index in [-0.39, 0.29) is 23.0 Å². The van der Waals surface area contributed by atoms with E-state index in [9.17, 15) is 10.2 Å². The van der Waals surface area contributed by atoms with Gasteiger partial charge in [-0.05, 0) is 61.7 Å². The first-order valence-corrected chi connectivity index (χ1v) is 9.15. The van der Waals surface area contributed by atoms with E-state index >= 15 is 0 Å². The smallest absolute Gasteiger partial charge is 0.0724 e. The largest absolute Gasteiger partial charge is 0.392 e. The lowest BCUT2D eigenvalue weighted by atomic mass is 9.49. The molecular weight excluding hydrogens is 272 g/mol. The van der Waals surface area contributed by atoms with Crippen LogP contribution < -0.4 is 0 Å². The Bertz CT molecular complexity index is 548. The number of rotatable bonds is 0. The van der Waals surface area contributed by atoms with Crippen LogP contribution in [0, 0.1) is 28.6 Å². The molecule has 0 aromatic carbocycles. The third-order valence-corrected chi connectivity index (χ3v) is 7.77. The highest BCUT2D eigenvalue weighted by Gasteiger charge is 2.55. The van der Waals surface area contributed by atoms with E-state index in [1.807, 2.05) is 6.08 Å². The molecule has 0 aromatic rings. The van der Waals surface area contributed by atoms with Crippen molar-refractivity contribution in [1.82, 2.24) is 0 Å². The van der Waals surface area contributed by atoms with Crippen LogP contribution in [0.3, 0.4) is 0 Å². The van der Waals surface area contributed by atoms with Crippen LogP contribution in [0.4, 0.5) is 0 Å². The molecule has 4 aliphatic carbocycles. The summed E-state index contributed by atoms with van der Waals surface area (Å²) in [6.45, 7) is 7.10. The molecule has 0 aliphatic heterocycles. The number of fused-ring (bicyclic) bond motifs is 4. The van der Waals surface area contributed by atoms with Gasteiger partial charge in [0.15, 0.2) is 0 Å². The van der Waals surface area contributed by atoms with Gasteiger partial charge >= 0.3 is 0 Å². The molecule has 22 heavy (non-hydrogen) atoms. The second kappa shape index (κ2) is 4.70. The maximum absolute atomic E-state index is 10.5. The Morgan fingerprint density at radius 2 is 1.91 bits per heavy atom. The monoisotopic (exact) mass is 302 g/mol. The van der Waals surface area contributed by atoms with Gasteiger partial charge in [0.25, 0.3) is 0 Å². The highest BCUT2D eigenvalue weighted by Crippen LogP contribution is 2.63. The first kappa shape index (κ1) is 15.0. The maximum Gasteiger partial charge on any atom is 0.0724 e. The zero-order valence-corrected chi connectivity index (χ0v) is 14.2. The minimum absolute atomic E-state index is 0.0428. The molecule has 0 saturated heterocycles. The molecule has 4 aliphatic rings. The van der Waals surface area contributed by atoms with Gasteiger partial charge in [0, 0.05) is 5.41 Å². The predicted molar refractivity (Wildman–Crippen MR) is 88.2 cm³/mol. The van der Waals surface area contributed by atoms with E-state index in [1.165, 1.54) is 12.8 Å². The van der Waals surface area contributed by atoms with Crippen LogP contribution in [0.15, 0.2) is 23.3 Å². The molecule has 0 unspecified atom stereocenters. The summed E-state index contributed by atoms with van der Waals surface area (Å²) in [5.74, 6) is 1.84. The van der Waals surface area contributed by atoms with E-state index in [4.69, 9.17) is 0 Å². The fourth-order valence-corrected chi connectivity index (χ4v) is 6.36. The van der Waals surface area contributed by atoms with Gasteiger partial charge in [-0.2, -0.15) is 0 Å². The van der Waals surface area contributed by atoms with Crippen molar-refractivity contribution in [2.24, 2.45) is 28.6 Å². The van der Waals surface area contributed by atoms with Crippen LogP contribution in [0.1, 0.15) is 59.3 Å². The summed E-state index contributed by atoms with van der Waals surface area (Å²) < 4.78 is 0. The number of aliphatic hydroxyl groups is 2. The van der Waals surface area contributed by atoms with Crippen molar-refractivity contribution in [3.63, 3.8) is 0 Å². The Kier molecular flexibility index (Phi) is 3.20. The first-order valence-electron chi connectivity index (χ1n) is 9.15. The van der Waals surface area contributed by atoms with Crippen molar-refractivity contribution in [1.29, 1.82) is 0 Å². The summed E-state index contributed by atoms with van der Waals surface area (Å²) >= 11 is 0. The fraction of sp³-hybridized carbons (Fsp3) is 0.800. The van der Waals surface area contributed by atoms with Gasteiger partial charge in [-0.25, -0.2) is 0 Å². The van der Waals surface area contributed by atoms with E-state index in [0.717, 1.165) is 25.7 Å². The second-order valence-corrected chi connectivity index (χ2v) is 8.86. The van der Waals surface area contributed by atoms with Crippen molar-refractivity contribution in [2.75, 3.05) is 0 Å². The van der Waals surface area contributed by atoms with Crippen molar-refractivity contribution in [3.8, 4) is 0 Å². The van der Waals surface area contributed by atoms with Gasteiger partial charge in [0.2, 0.25) is 0 Å². The third kappa shape index (κ3) is 1.80. The molecule has 0 radical (unpaired) electrons. The van der Waals surface area contributed by atoms with Gasteiger partial charge in [0.05, 0.1) is 12.2 Å². The second-order valence-electron chi connectivity index (χ2n) is 8.86. The molecule has 0 amide bonds. The highest BCUT2D eigenvalue weighted by molar-refractivity contribution is 5.37. The Hall–Kier alpha value is -0.600. The predicted octanol–water partition coefficient (Wildman–Crippen LogP) is 3.84. The van der Waals surface area contributed by atoms with Gasteiger partial charge < -0.3 is 10.2 Å². The number of hydrogen-bond donors (Lipinski definition) is 2. The maximum atomic E-state index is 10.5. The number of allylic oxidation sites excluding steroid dienone is 2. The van der Waals surface area contributed by atoms with E-state index in [0.29, 0.717) is 17.8 Å². The molecule has 7 atom stereocenters. The average Bonchev–Trinajstić information content (AvgIpc) is 2.77. The number of hydrogen-bond acceptors (Lipinski definition) is 2. The highest BCUT2D eigenvalue weighted by atomic mass is 16.3. The Morgan fingerprint density at radius 1 is 1.14 bits per heavy atom. The minimum Gasteiger partial charge on any atom is -0.392 e. The van der Waals surface area contributed by atoms with Crippen LogP contribution in [-0.2, 0) is 0 Å². The average molecular weight is 302 g/mol. The zero-order valence-electron chi connectivity index (χ0n) is 14.2. The third-order valence-electron chi connectivity index (χ3n) is 7.77. The van der Waals surface area contributed by atoms with Crippen molar-refractivity contribution in [3.05, 3.63) is 23.3 Å². The first-order chi connectivity index (χ1) is 10.4. The Labute approximate surface area is 134 Å². The Morgan fingerprint density at radius 3 is 2.68 bits per heavy atom. The molecule has 2 saturated carbocycles. The molecule has 2 nitrogen and oxygen atoms in total. The quantitative estimate of drug-likeness (QED) is 0.668. The summed E-state index contributed by atoms with van der Waals surface area (Å²) in [7, 11) is 0. The molecule has 0 spiro atoms. The van der Waals surface area contributed by atoms with Crippen LogP contribution in [0.2, 0.25) is 0 Å². The normalized spacial score (nSPS) is 54.0. The summed E-state index contributed by atoms with van der Waals surface area (Å²) in [4.78, 5) is 0. The molecule has 2 N–H and O–H groups in total. The summed E-state index contributed by atoms with van der Waals surface area (Å²) in [6.07, 6.45) is 10.5. The SMILES string of the molecule is C[C@H]1C[C@@H]2C[C@@H](O)C=C[C@]2(C)[C@H]2CC[C@@]3(C)C(=C12)CC[C@@H]3O. The van der Waals surface area contributed by atoms with E-state index < -0.39 is 0 Å². The molecule has 2 fully saturated rings. The molecule has 122 valence electrons. The molecular formula is C20H30O2. The zero-order chi connectivity index (χ0) is 15.7. The minimum atomic E-state index is -0.248. The van der Waals surface area contributed by atoms with Gasteiger partial charge in [-0.3, -0.25) is 0 Å². The molecule has 4 rings (SSSR count). The van der Waals surface area contributed by atoms with Crippen LogP contribution in [0.5, 0.6) is 0 Å². The van der Waals surface area contributed by atoms with Crippen LogP contribution >= 0.6 is 0 Å². The van der Waals surface area contributed by atoms with Gasteiger partial charge in [-0.15, -0.1) is 0 Å². The lowest BCUT2D eigenvalue weighted by Gasteiger charge is -2.56.